The molecule has 0 aliphatic rings. The van der Waals surface area contributed by atoms with Crippen LogP contribution in [-0.2, 0) is 0 Å². The van der Waals surface area contributed by atoms with E-state index in [2.05, 4.69) is 31.5 Å². The van der Waals surface area contributed by atoms with Gasteiger partial charge in [0.1, 0.15) is 11.7 Å². The predicted octanol–water partition coefficient (Wildman–Crippen LogP) is 3.05. The number of hydrogen-bond acceptors (Lipinski definition) is 4. The topological polar surface area (TPSA) is 173 Å². The van der Waals surface area contributed by atoms with E-state index in [0.29, 0.717) is 28.5 Å². The molecule has 0 unspecified atom stereocenters. The number of benzene rings is 1. The number of nitrogens with zero attached hydrogens (tertiary/aromatic N) is 2. The van der Waals surface area contributed by atoms with E-state index in [1.54, 1.807) is 18.2 Å². The molecule has 0 bridgehead atoms. The van der Waals surface area contributed by atoms with Gasteiger partial charge in [-0.25, -0.2) is 9.97 Å². The van der Waals surface area contributed by atoms with E-state index in [0.717, 1.165) is 28.1 Å². The molecule has 0 aliphatic carbocycles. The first-order valence-electron chi connectivity index (χ1n) is 9.14. The van der Waals surface area contributed by atoms with Gasteiger partial charge in [0.2, 0.25) is 0 Å². The first-order chi connectivity index (χ1) is 14.4. The van der Waals surface area contributed by atoms with Gasteiger partial charge < -0.3 is 26.4 Å². The molecular weight excluding hydrogens is 378 g/mol. The van der Waals surface area contributed by atoms with E-state index < -0.39 is 0 Å². The Hall–Kier alpha value is -4.40. The van der Waals surface area contributed by atoms with Crippen molar-refractivity contribution in [3.8, 4) is 23.0 Å². The molecule has 0 fully saturated rings. The highest BCUT2D eigenvalue weighted by atomic mass is 15.0. The van der Waals surface area contributed by atoms with Crippen molar-refractivity contribution in [1.82, 2.24) is 24.9 Å². The van der Waals surface area contributed by atoms with Crippen LogP contribution in [0.5, 0.6) is 0 Å². The summed E-state index contributed by atoms with van der Waals surface area (Å²) >= 11 is 0. The summed E-state index contributed by atoms with van der Waals surface area (Å²) < 4.78 is 0. The summed E-state index contributed by atoms with van der Waals surface area (Å²) in [6, 6.07) is 9.23. The molecular formula is C21H21N9. The third-order valence-electron chi connectivity index (χ3n) is 4.73. The van der Waals surface area contributed by atoms with Crippen molar-refractivity contribution in [3.05, 3.63) is 65.5 Å². The Morgan fingerprint density at radius 3 is 2.33 bits per heavy atom. The zero-order chi connectivity index (χ0) is 21.4. The maximum Gasteiger partial charge on any atom is 0.154 e. The number of amidine groups is 2. The fourth-order valence-electron chi connectivity index (χ4n) is 3.11. The molecule has 4 rings (SSSR count). The molecule has 3 heterocycles. The van der Waals surface area contributed by atoms with Crippen molar-refractivity contribution in [1.29, 1.82) is 10.8 Å². The van der Waals surface area contributed by atoms with E-state index in [9.17, 15) is 0 Å². The number of fused-ring (bicyclic) bond motifs is 1. The summed E-state index contributed by atoms with van der Waals surface area (Å²) in [7, 11) is 0. The standard InChI is InChI=1S/C21H21N9/c1-3-11(18(22)23)8-16-10(2)26-20(29-16)14-6-7-15(27-14)21-28-13-5-4-12(19(24)25)9-17(13)30-21/h3-9,27H,1H2,2H3,(H3,22,23)(H3,24,25)(H,26,29)(H,28,30)/b11-8+. The van der Waals surface area contributed by atoms with Crippen LogP contribution in [0.4, 0.5) is 0 Å². The monoisotopic (exact) mass is 399 g/mol. The van der Waals surface area contributed by atoms with Gasteiger partial charge in [-0.3, -0.25) is 10.8 Å². The molecule has 3 aromatic heterocycles. The lowest BCUT2D eigenvalue weighted by Crippen LogP contribution is -2.11. The zero-order valence-electron chi connectivity index (χ0n) is 16.3. The minimum atomic E-state index is -0.0612. The Morgan fingerprint density at radius 1 is 1.00 bits per heavy atom. The molecule has 0 amide bonds. The van der Waals surface area contributed by atoms with Gasteiger partial charge in [-0.15, -0.1) is 0 Å². The Labute approximate surface area is 172 Å². The van der Waals surface area contributed by atoms with Gasteiger partial charge in [0, 0.05) is 16.8 Å². The highest BCUT2D eigenvalue weighted by Gasteiger charge is 2.13. The number of aryl methyl sites for hydroxylation is 1. The molecule has 9 nitrogen and oxygen atoms in total. The average Bonchev–Trinajstić information content (AvgIpc) is 3.42. The molecule has 9 N–H and O–H groups in total. The number of nitrogen functional groups attached to an aromatic ring is 1. The Bertz CT molecular complexity index is 1330. The third-order valence-corrected chi connectivity index (χ3v) is 4.73. The second-order valence-corrected chi connectivity index (χ2v) is 6.83. The van der Waals surface area contributed by atoms with Crippen molar-refractivity contribution in [2.45, 2.75) is 6.92 Å². The van der Waals surface area contributed by atoms with E-state index in [1.165, 1.54) is 6.08 Å². The number of aromatic amines is 3. The van der Waals surface area contributed by atoms with Gasteiger partial charge in [-0.05, 0) is 43.3 Å². The normalized spacial score (nSPS) is 11.7. The van der Waals surface area contributed by atoms with Crippen LogP contribution in [0.2, 0.25) is 0 Å². The summed E-state index contributed by atoms with van der Waals surface area (Å²) in [6.45, 7) is 5.58. The quantitative estimate of drug-likeness (QED) is 0.150. The smallest absolute Gasteiger partial charge is 0.154 e. The molecule has 0 atom stereocenters. The van der Waals surface area contributed by atoms with Crippen LogP contribution in [0.15, 0.2) is 48.6 Å². The summed E-state index contributed by atoms with van der Waals surface area (Å²) in [5, 5.41) is 15.2. The molecule has 0 saturated carbocycles. The van der Waals surface area contributed by atoms with Gasteiger partial charge in [-0.2, -0.15) is 0 Å². The van der Waals surface area contributed by atoms with Crippen molar-refractivity contribution in [3.63, 3.8) is 0 Å². The largest absolute Gasteiger partial charge is 0.384 e. The number of hydrogen-bond donors (Lipinski definition) is 7. The number of aromatic nitrogens is 5. The number of rotatable bonds is 6. The summed E-state index contributed by atoms with van der Waals surface area (Å²) in [5.74, 6) is 1.28. The van der Waals surface area contributed by atoms with E-state index in [1.807, 2.05) is 25.1 Å². The van der Waals surface area contributed by atoms with Crippen LogP contribution in [0.25, 0.3) is 40.1 Å². The van der Waals surface area contributed by atoms with E-state index >= 15 is 0 Å². The van der Waals surface area contributed by atoms with Crippen molar-refractivity contribution < 1.29 is 0 Å². The molecule has 4 aromatic rings. The van der Waals surface area contributed by atoms with Crippen molar-refractivity contribution in [2.24, 2.45) is 11.5 Å². The van der Waals surface area contributed by atoms with Gasteiger partial charge in [0.15, 0.2) is 11.6 Å². The molecule has 0 aliphatic heterocycles. The lowest BCUT2D eigenvalue weighted by Gasteiger charge is -1.97. The SMILES string of the molecule is C=C/C(=C\c1nc(-c2ccc(-c3nc4ccc(C(=N)N)cc4[nH]3)[nH]2)[nH]c1C)C(=N)N. The van der Waals surface area contributed by atoms with Crippen molar-refractivity contribution >= 4 is 28.8 Å². The highest BCUT2D eigenvalue weighted by Crippen LogP contribution is 2.25. The zero-order valence-corrected chi connectivity index (χ0v) is 16.3. The summed E-state index contributed by atoms with van der Waals surface area (Å²) in [6.07, 6.45) is 3.25. The van der Waals surface area contributed by atoms with Crippen LogP contribution in [-0.4, -0.2) is 36.6 Å². The summed E-state index contributed by atoms with van der Waals surface area (Å²) in [5.41, 5.74) is 17.0. The van der Waals surface area contributed by atoms with Crippen molar-refractivity contribution in [2.75, 3.05) is 0 Å². The summed E-state index contributed by atoms with van der Waals surface area (Å²) in [4.78, 5) is 19.0. The fourth-order valence-corrected chi connectivity index (χ4v) is 3.11. The number of nitrogens with one attached hydrogen (secondary N) is 5. The van der Waals surface area contributed by atoms with Gasteiger partial charge in [0.25, 0.3) is 0 Å². The number of nitrogens with two attached hydrogens (primary N) is 2. The lowest BCUT2D eigenvalue weighted by atomic mass is 10.2. The minimum absolute atomic E-state index is 0.0117. The molecule has 150 valence electrons. The maximum atomic E-state index is 7.59. The average molecular weight is 399 g/mol. The van der Waals surface area contributed by atoms with Crippen LogP contribution in [0.1, 0.15) is 17.0 Å². The molecule has 0 radical (unpaired) electrons. The molecule has 30 heavy (non-hydrogen) atoms. The van der Waals surface area contributed by atoms with Gasteiger partial charge in [0.05, 0.1) is 28.1 Å². The van der Waals surface area contributed by atoms with Crippen LogP contribution in [0.3, 0.4) is 0 Å². The Balaban J connectivity index is 1.67. The van der Waals surface area contributed by atoms with E-state index in [-0.39, 0.29) is 11.7 Å². The Kier molecular flexibility index (Phi) is 4.55. The first-order valence-corrected chi connectivity index (χ1v) is 9.14. The molecule has 9 heteroatoms. The molecule has 0 spiro atoms. The first kappa shape index (κ1) is 18.9. The van der Waals surface area contributed by atoms with Crippen LogP contribution < -0.4 is 11.5 Å². The second-order valence-electron chi connectivity index (χ2n) is 6.83. The fraction of sp³-hybridized carbons (Fsp3) is 0.0476. The van der Waals surface area contributed by atoms with Crippen LogP contribution >= 0.6 is 0 Å². The van der Waals surface area contributed by atoms with Crippen LogP contribution in [0, 0.1) is 17.7 Å². The maximum absolute atomic E-state index is 7.59. The predicted molar refractivity (Wildman–Crippen MR) is 119 cm³/mol. The Morgan fingerprint density at radius 2 is 1.70 bits per heavy atom. The number of H-pyrrole nitrogens is 3. The minimum Gasteiger partial charge on any atom is -0.384 e. The van der Waals surface area contributed by atoms with E-state index in [4.69, 9.17) is 22.3 Å². The number of imidazole rings is 2. The highest BCUT2D eigenvalue weighted by molar-refractivity contribution is 6.01. The molecule has 0 saturated heterocycles. The second kappa shape index (κ2) is 7.21. The lowest BCUT2D eigenvalue weighted by molar-refractivity contribution is 1.21. The third kappa shape index (κ3) is 3.39. The van der Waals surface area contributed by atoms with Gasteiger partial charge in [-0.1, -0.05) is 12.7 Å². The molecule has 1 aromatic carbocycles. The van der Waals surface area contributed by atoms with Gasteiger partial charge >= 0.3 is 0 Å².